The van der Waals surface area contributed by atoms with Gasteiger partial charge in [-0.1, -0.05) is 89.2 Å². The maximum absolute atomic E-state index is 13.1. The number of rotatable bonds is 8. The molecule has 1 N–H and O–H groups in total. The summed E-state index contributed by atoms with van der Waals surface area (Å²) in [5.41, 5.74) is 2.71. The zero-order chi connectivity index (χ0) is 24.2. The molecule has 1 saturated heterocycles. The molecule has 5 nitrogen and oxygen atoms in total. The van der Waals surface area contributed by atoms with Crippen LogP contribution < -0.4 is 0 Å². The first-order chi connectivity index (χ1) is 15.7. The van der Waals surface area contributed by atoms with Gasteiger partial charge in [-0.25, -0.2) is 0 Å². The van der Waals surface area contributed by atoms with Crippen LogP contribution >= 0.6 is 0 Å². The molecule has 0 radical (unpaired) electrons. The van der Waals surface area contributed by atoms with Gasteiger partial charge in [-0.05, 0) is 42.6 Å². The number of carbonyl (C=O) groups excluding carboxylic acids is 2. The molecule has 2 aromatic carbocycles. The summed E-state index contributed by atoms with van der Waals surface area (Å²) in [7, 11) is 0. The number of ketones is 1. The van der Waals surface area contributed by atoms with E-state index in [4.69, 9.17) is 0 Å². The summed E-state index contributed by atoms with van der Waals surface area (Å²) in [6.45, 7) is 13.9. The predicted octanol–water partition coefficient (Wildman–Crippen LogP) is 5.14. The van der Waals surface area contributed by atoms with Crippen molar-refractivity contribution in [2.75, 3.05) is 26.2 Å². The van der Waals surface area contributed by atoms with Gasteiger partial charge in [-0.15, -0.1) is 0 Å². The molecule has 3 rings (SSSR count). The van der Waals surface area contributed by atoms with E-state index in [2.05, 4.69) is 39.5 Å². The van der Waals surface area contributed by atoms with Crippen LogP contribution in [0.25, 0.3) is 5.76 Å². The van der Waals surface area contributed by atoms with Gasteiger partial charge in [-0.2, -0.15) is 0 Å². The van der Waals surface area contributed by atoms with Crippen molar-refractivity contribution in [1.29, 1.82) is 0 Å². The van der Waals surface area contributed by atoms with Gasteiger partial charge in [0.1, 0.15) is 5.76 Å². The molecule has 1 aliphatic rings. The highest BCUT2D eigenvalue weighted by Crippen LogP contribution is 2.40. The Morgan fingerprint density at radius 2 is 1.58 bits per heavy atom. The van der Waals surface area contributed by atoms with Gasteiger partial charge < -0.3 is 14.9 Å². The molecule has 0 saturated carbocycles. The number of aliphatic hydroxyl groups is 1. The molecule has 5 heteroatoms. The maximum Gasteiger partial charge on any atom is 0.295 e. The number of hydrogen-bond donors (Lipinski definition) is 1. The second-order valence-electron chi connectivity index (χ2n) is 9.61. The number of nitrogens with zero attached hydrogens (tertiary/aromatic N) is 2. The van der Waals surface area contributed by atoms with Gasteiger partial charge in [0.05, 0.1) is 11.6 Å². The highest BCUT2D eigenvalue weighted by Gasteiger charge is 2.45. The summed E-state index contributed by atoms with van der Waals surface area (Å²) in [6, 6.07) is 16.4. The first-order valence-corrected chi connectivity index (χ1v) is 11.9. The van der Waals surface area contributed by atoms with E-state index in [-0.39, 0.29) is 16.7 Å². The van der Waals surface area contributed by atoms with Crippen LogP contribution in [0.3, 0.4) is 0 Å². The van der Waals surface area contributed by atoms with Crippen molar-refractivity contribution >= 4 is 17.4 Å². The third kappa shape index (κ3) is 5.36. The van der Waals surface area contributed by atoms with E-state index in [1.165, 1.54) is 5.56 Å². The average Bonchev–Trinajstić information content (AvgIpc) is 3.06. The third-order valence-electron chi connectivity index (χ3n) is 6.45. The summed E-state index contributed by atoms with van der Waals surface area (Å²) in [5, 5.41) is 11.1. The van der Waals surface area contributed by atoms with Crippen LogP contribution in [0.5, 0.6) is 0 Å². The minimum atomic E-state index is -0.621. The standard InChI is InChI=1S/C28H36N2O3/c1-6-29(7-2)18-11-19-30-24(20-14-16-22(17-15-20)28(3,4)5)23(26(32)27(30)33)25(31)21-12-9-8-10-13-21/h8-10,12-17,24,31H,6-7,11,18-19H2,1-5H3/t24-/m1/s1. The number of amides is 1. The van der Waals surface area contributed by atoms with Crippen LogP contribution in [0.2, 0.25) is 0 Å². The normalized spacial score (nSPS) is 18.4. The number of aliphatic hydroxyl groups excluding tert-OH is 1. The van der Waals surface area contributed by atoms with E-state index in [1.807, 2.05) is 42.5 Å². The molecule has 0 aliphatic carbocycles. The Labute approximate surface area is 197 Å². The summed E-state index contributed by atoms with van der Waals surface area (Å²) in [4.78, 5) is 30.2. The lowest BCUT2D eigenvalue weighted by Gasteiger charge is -2.27. The SMILES string of the molecule is CCN(CC)CCCN1C(=O)C(=O)C(=C(O)c2ccccc2)[C@H]1c1ccc(C(C)(C)C)cc1. The number of hydrogen-bond acceptors (Lipinski definition) is 4. The molecule has 0 bridgehead atoms. The molecule has 0 unspecified atom stereocenters. The molecule has 0 aromatic heterocycles. The molecular formula is C28H36N2O3. The van der Waals surface area contributed by atoms with Crippen molar-refractivity contribution in [3.63, 3.8) is 0 Å². The Morgan fingerprint density at radius 1 is 0.970 bits per heavy atom. The minimum absolute atomic E-state index is 0.00581. The van der Waals surface area contributed by atoms with Crippen molar-refractivity contribution in [3.05, 3.63) is 76.9 Å². The number of benzene rings is 2. The average molecular weight is 449 g/mol. The molecule has 33 heavy (non-hydrogen) atoms. The van der Waals surface area contributed by atoms with Crippen molar-refractivity contribution in [3.8, 4) is 0 Å². The molecule has 2 aromatic rings. The van der Waals surface area contributed by atoms with Gasteiger partial charge in [-0.3, -0.25) is 9.59 Å². The smallest absolute Gasteiger partial charge is 0.295 e. The fourth-order valence-corrected chi connectivity index (χ4v) is 4.38. The van der Waals surface area contributed by atoms with Crippen LogP contribution in [-0.4, -0.2) is 52.8 Å². The van der Waals surface area contributed by atoms with Gasteiger partial charge in [0.2, 0.25) is 0 Å². The van der Waals surface area contributed by atoms with Crippen molar-refractivity contribution in [2.24, 2.45) is 0 Å². The highest BCUT2D eigenvalue weighted by atomic mass is 16.3. The zero-order valence-electron chi connectivity index (χ0n) is 20.5. The fraction of sp³-hybridized carbons (Fsp3) is 0.429. The molecule has 0 spiro atoms. The predicted molar refractivity (Wildman–Crippen MR) is 133 cm³/mol. The van der Waals surface area contributed by atoms with Crippen molar-refractivity contribution in [2.45, 2.75) is 52.5 Å². The van der Waals surface area contributed by atoms with E-state index < -0.39 is 17.7 Å². The Bertz CT molecular complexity index is 1000. The van der Waals surface area contributed by atoms with E-state index >= 15 is 0 Å². The van der Waals surface area contributed by atoms with E-state index in [0.29, 0.717) is 12.1 Å². The van der Waals surface area contributed by atoms with E-state index in [1.54, 1.807) is 17.0 Å². The van der Waals surface area contributed by atoms with Gasteiger partial charge in [0.15, 0.2) is 0 Å². The quantitative estimate of drug-likeness (QED) is 0.345. The van der Waals surface area contributed by atoms with E-state index in [9.17, 15) is 14.7 Å². The topological polar surface area (TPSA) is 60.9 Å². The zero-order valence-corrected chi connectivity index (χ0v) is 20.5. The summed E-state index contributed by atoms with van der Waals surface area (Å²) in [6.07, 6.45) is 0.761. The lowest BCUT2D eigenvalue weighted by molar-refractivity contribution is -0.140. The molecule has 1 aliphatic heterocycles. The Hall–Kier alpha value is -2.92. The third-order valence-corrected chi connectivity index (χ3v) is 6.45. The van der Waals surface area contributed by atoms with Crippen LogP contribution in [0.4, 0.5) is 0 Å². The number of Topliss-reactive ketones (excluding diaryl/α,β-unsaturated/α-hetero) is 1. The molecule has 1 fully saturated rings. The number of likely N-dealkylation sites (tertiary alicyclic amines) is 1. The van der Waals surface area contributed by atoms with Crippen LogP contribution in [0, 0.1) is 0 Å². The first-order valence-electron chi connectivity index (χ1n) is 11.9. The second-order valence-corrected chi connectivity index (χ2v) is 9.61. The molecule has 1 atom stereocenters. The molecular weight excluding hydrogens is 412 g/mol. The Morgan fingerprint density at radius 3 is 2.12 bits per heavy atom. The first kappa shape index (κ1) is 24.7. The van der Waals surface area contributed by atoms with Crippen molar-refractivity contribution in [1.82, 2.24) is 9.80 Å². The fourth-order valence-electron chi connectivity index (χ4n) is 4.38. The van der Waals surface area contributed by atoms with E-state index in [0.717, 1.165) is 31.6 Å². The van der Waals surface area contributed by atoms with Crippen LogP contribution in [0.15, 0.2) is 60.2 Å². The summed E-state index contributed by atoms with van der Waals surface area (Å²) in [5.74, 6) is -1.29. The van der Waals surface area contributed by atoms with Gasteiger partial charge >= 0.3 is 0 Å². The Balaban J connectivity index is 2.03. The number of carbonyl (C=O) groups is 2. The van der Waals surface area contributed by atoms with Crippen molar-refractivity contribution < 1.29 is 14.7 Å². The van der Waals surface area contributed by atoms with Crippen LogP contribution in [-0.2, 0) is 15.0 Å². The van der Waals surface area contributed by atoms with Gasteiger partial charge in [0.25, 0.3) is 11.7 Å². The second kappa shape index (κ2) is 10.3. The minimum Gasteiger partial charge on any atom is -0.507 e. The van der Waals surface area contributed by atoms with Gasteiger partial charge in [0, 0.05) is 12.1 Å². The lowest BCUT2D eigenvalue weighted by atomic mass is 9.85. The summed E-state index contributed by atoms with van der Waals surface area (Å²) < 4.78 is 0. The molecule has 1 amide bonds. The Kier molecular flexibility index (Phi) is 7.75. The summed E-state index contributed by atoms with van der Waals surface area (Å²) >= 11 is 0. The maximum atomic E-state index is 13.1. The van der Waals surface area contributed by atoms with Crippen LogP contribution in [0.1, 0.15) is 63.8 Å². The molecule has 176 valence electrons. The largest absolute Gasteiger partial charge is 0.507 e. The molecule has 1 heterocycles. The highest BCUT2D eigenvalue weighted by molar-refractivity contribution is 6.46. The lowest BCUT2D eigenvalue weighted by Crippen LogP contribution is -2.33. The monoisotopic (exact) mass is 448 g/mol.